The highest BCUT2D eigenvalue weighted by Gasteiger charge is 2.23. The molecule has 0 aliphatic carbocycles. The summed E-state index contributed by atoms with van der Waals surface area (Å²) in [5.41, 5.74) is 5.36. The third-order valence-corrected chi connectivity index (χ3v) is 4.59. The largest absolute Gasteiger partial charge is 0.468 e. The minimum absolute atomic E-state index is 0.280. The van der Waals surface area contributed by atoms with E-state index in [2.05, 4.69) is 19.7 Å². The van der Waals surface area contributed by atoms with Crippen molar-refractivity contribution in [2.75, 3.05) is 6.23 Å². The maximum absolute atomic E-state index is 10.5. The lowest BCUT2D eigenvalue weighted by Crippen LogP contribution is -2.34. The summed E-state index contributed by atoms with van der Waals surface area (Å²) in [5, 5.41) is 0. The predicted octanol–water partition coefficient (Wildman–Crippen LogP) is 1.71. The minimum Gasteiger partial charge on any atom is -0.468 e. The Labute approximate surface area is 74.2 Å². The molecule has 0 heterocycles. The molecule has 0 aromatic heterocycles. The lowest BCUT2D eigenvalue weighted by molar-refractivity contribution is -0.139. The molecule has 0 radical (unpaired) electrons. The van der Waals surface area contributed by atoms with Gasteiger partial charge in [0, 0.05) is 6.92 Å². The summed E-state index contributed by atoms with van der Waals surface area (Å²) in [7, 11) is -1.93. The zero-order chi connectivity index (χ0) is 9.61. The molecule has 0 amide bonds. The molecule has 3 heteroatoms. The number of carbonyl (C=O) groups is 1. The molecule has 0 saturated heterocycles. The highest BCUT2D eigenvalue weighted by Crippen LogP contribution is 2.07. The van der Waals surface area contributed by atoms with E-state index in [1.807, 2.05) is 0 Å². The van der Waals surface area contributed by atoms with Crippen molar-refractivity contribution in [3.8, 4) is 0 Å². The second kappa shape index (κ2) is 4.72. The Bertz CT molecular complexity index is 187. The Balaban J connectivity index is 4.30. The summed E-state index contributed by atoms with van der Waals surface area (Å²) in [6, 6.07) is 0. The molecule has 12 heavy (non-hydrogen) atoms. The van der Waals surface area contributed by atoms with Crippen LogP contribution in [0.15, 0.2) is 36.8 Å². The van der Waals surface area contributed by atoms with E-state index in [4.69, 9.17) is 4.74 Å². The fourth-order valence-electron chi connectivity index (χ4n) is 0.653. The number of rotatable bonds is 5. The zero-order valence-corrected chi connectivity index (χ0v) is 8.38. The normalized spacial score (nSPS) is 10.1. The fourth-order valence-corrected chi connectivity index (χ4v) is 1.96. The number of carbonyl (C=O) groups excluding carboxylic acids is 1. The first-order valence-electron chi connectivity index (χ1n) is 3.64. The van der Waals surface area contributed by atoms with Gasteiger partial charge >= 0.3 is 5.97 Å². The molecule has 66 valence electrons. The summed E-state index contributed by atoms with van der Waals surface area (Å²) < 4.78 is 4.89. The van der Waals surface area contributed by atoms with Crippen LogP contribution in [0.2, 0.25) is 0 Å². The molecule has 0 bridgehead atoms. The summed E-state index contributed by atoms with van der Waals surface area (Å²) >= 11 is 0. The highest BCUT2D eigenvalue weighted by atomic mass is 28.3. The first-order valence-corrected chi connectivity index (χ1v) is 6.08. The molecule has 0 aromatic carbocycles. The second-order valence-corrected chi connectivity index (χ2v) is 6.24. The van der Waals surface area contributed by atoms with Gasteiger partial charge in [-0.05, 0) is 0 Å². The lowest BCUT2D eigenvalue weighted by atomic mass is 10.8. The Morgan fingerprint density at radius 3 is 2.00 bits per heavy atom. The van der Waals surface area contributed by atoms with Crippen LogP contribution in [0.1, 0.15) is 6.92 Å². The Morgan fingerprint density at radius 2 is 1.75 bits per heavy atom. The number of esters is 1. The van der Waals surface area contributed by atoms with Crippen molar-refractivity contribution in [3.63, 3.8) is 0 Å². The van der Waals surface area contributed by atoms with Gasteiger partial charge < -0.3 is 4.74 Å². The smallest absolute Gasteiger partial charge is 0.302 e. The van der Waals surface area contributed by atoms with Crippen LogP contribution in [0.5, 0.6) is 0 Å². The fraction of sp³-hybridized carbons (Fsp3) is 0.222. The molecule has 0 fully saturated rings. The van der Waals surface area contributed by atoms with E-state index in [1.54, 1.807) is 17.1 Å². The van der Waals surface area contributed by atoms with E-state index in [0.717, 1.165) is 0 Å². The van der Waals surface area contributed by atoms with Crippen molar-refractivity contribution in [3.05, 3.63) is 36.8 Å². The molecule has 0 saturated carbocycles. The van der Waals surface area contributed by atoms with Gasteiger partial charge in [0.2, 0.25) is 0 Å². The van der Waals surface area contributed by atoms with Crippen molar-refractivity contribution in [1.29, 1.82) is 0 Å². The van der Waals surface area contributed by atoms with Crippen molar-refractivity contribution >= 4 is 14.0 Å². The van der Waals surface area contributed by atoms with Crippen LogP contribution in [0.25, 0.3) is 0 Å². The van der Waals surface area contributed by atoms with E-state index in [9.17, 15) is 4.79 Å². The molecule has 0 unspecified atom stereocenters. The molecular weight excluding hydrogens is 168 g/mol. The van der Waals surface area contributed by atoms with Crippen LogP contribution in [-0.2, 0) is 9.53 Å². The maximum Gasteiger partial charge on any atom is 0.302 e. The molecule has 0 N–H and O–H groups in total. The molecule has 2 nitrogen and oxygen atoms in total. The monoisotopic (exact) mass is 182 g/mol. The molecule has 0 atom stereocenters. The van der Waals surface area contributed by atoms with Gasteiger partial charge in [-0.25, -0.2) is 0 Å². The van der Waals surface area contributed by atoms with E-state index in [-0.39, 0.29) is 5.97 Å². The Kier molecular flexibility index (Phi) is 4.29. The number of ether oxygens (including phenoxy) is 1. The van der Waals surface area contributed by atoms with Crippen LogP contribution in [0.3, 0.4) is 0 Å². The van der Waals surface area contributed by atoms with Gasteiger partial charge in [-0.15, -0.1) is 19.7 Å². The summed E-state index contributed by atoms with van der Waals surface area (Å²) in [6.07, 6.45) is 0.360. The van der Waals surface area contributed by atoms with E-state index in [1.165, 1.54) is 6.92 Å². The highest BCUT2D eigenvalue weighted by molar-refractivity contribution is 6.93. The van der Waals surface area contributed by atoms with Gasteiger partial charge in [0.25, 0.3) is 0 Å². The quantitative estimate of drug-likeness (QED) is 0.478. The van der Waals surface area contributed by atoms with Gasteiger partial charge in [-0.2, -0.15) is 0 Å². The number of hydrogen-bond donors (Lipinski definition) is 0. The standard InChI is InChI=1S/C9H14O2Si/c1-5-12(6-2,7-3)8-11-9(4)10/h5-7H,1-3,8H2,4H3. The van der Waals surface area contributed by atoms with Crippen molar-refractivity contribution in [2.45, 2.75) is 6.92 Å². The summed E-state index contributed by atoms with van der Waals surface area (Å²) in [5.74, 6) is -0.280. The molecule has 0 rings (SSSR count). The van der Waals surface area contributed by atoms with E-state index >= 15 is 0 Å². The maximum atomic E-state index is 10.5. The van der Waals surface area contributed by atoms with Crippen LogP contribution in [0, 0.1) is 0 Å². The number of hydrogen-bond acceptors (Lipinski definition) is 2. The minimum atomic E-state index is -1.93. The average Bonchev–Trinajstić information content (AvgIpc) is 2.08. The van der Waals surface area contributed by atoms with Crippen molar-refractivity contribution in [2.24, 2.45) is 0 Å². The first kappa shape index (κ1) is 10.9. The zero-order valence-electron chi connectivity index (χ0n) is 7.38. The van der Waals surface area contributed by atoms with Gasteiger partial charge in [0.15, 0.2) is 8.07 Å². The molecule has 0 aliphatic rings. The van der Waals surface area contributed by atoms with Crippen LogP contribution >= 0.6 is 0 Å². The second-order valence-electron chi connectivity index (χ2n) is 2.51. The molecule has 0 aliphatic heterocycles. The van der Waals surface area contributed by atoms with Gasteiger partial charge in [0.1, 0.15) is 0 Å². The lowest BCUT2D eigenvalue weighted by Gasteiger charge is -2.18. The third kappa shape index (κ3) is 2.88. The Morgan fingerprint density at radius 1 is 1.33 bits per heavy atom. The summed E-state index contributed by atoms with van der Waals surface area (Å²) in [4.78, 5) is 10.5. The van der Waals surface area contributed by atoms with Crippen LogP contribution < -0.4 is 0 Å². The Hall–Kier alpha value is -1.09. The summed E-state index contributed by atoms with van der Waals surface area (Å²) in [6.45, 7) is 12.4. The van der Waals surface area contributed by atoms with Crippen LogP contribution in [-0.4, -0.2) is 20.3 Å². The first-order chi connectivity index (χ1) is 5.60. The molecule has 0 spiro atoms. The predicted molar refractivity (Wildman–Crippen MR) is 53.0 cm³/mol. The topological polar surface area (TPSA) is 26.3 Å². The molecular formula is C9H14O2Si. The van der Waals surface area contributed by atoms with Crippen LogP contribution in [0.4, 0.5) is 0 Å². The van der Waals surface area contributed by atoms with Gasteiger partial charge in [0.05, 0.1) is 6.23 Å². The van der Waals surface area contributed by atoms with Gasteiger partial charge in [-0.3, -0.25) is 4.79 Å². The van der Waals surface area contributed by atoms with E-state index in [0.29, 0.717) is 6.23 Å². The van der Waals surface area contributed by atoms with Crippen molar-refractivity contribution in [1.82, 2.24) is 0 Å². The average molecular weight is 182 g/mol. The third-order valence-electron chi connectivity index (χ3n) is 1.67. The van der Waals surface area contributed by atoms with Gasteiger partial charge in [-0.1, -0.05) is 17.1 Å². The SMILES string of the molecule is C=C[Si](C=C)(C=C)COC(C)=O. The molecule has 0 aromatic rings. The van der Waals surface area contributed by atoms with Crippen molar-refractivity contribution < 1.29 is 9.53 Å². The van der Waals surface area contributed by atoms with E-state index < -0.39 is 8.07 Å².